The zero-order valence-electron chi connectivity index (χ0n) is 12.9. The van der Waals surface area contributed by atoms with Crippen LogP contribution >= 0.6 is 22.9 Å². The van der Waals surface area contributed by atoms with E-state index in [0.717, 1.165) is 16.9 Å². The fraction of sp³-hybridized carbons (Fsp3) is 0. The molecule has 6 heteroatoms. The molecule has 0 atom stereocenters. The van der Waals surface area contributed by atoms with Gasteiger partial charge in [0.2, 0.25) is 0 Å². The summed E-state index contributed by atoms with van der Waals surface area (Å²) in [6.45, 7) is 0. The number of aromatic nitrogens is 3. The maximum absolute atomic E-state index is 9.53. The van der Waals surface area contributed by atoms with Crippen LogP contribution in [0.25, 0.3) is 28.6 Å². The average molecular weight is 363 g/mol. The number of nitriles is 1. The number of thiazole rings is 1. The third-order valence-electron chi connectivity index (χ3n) is 3.65. The SMILES string of the molecule is N#CC(=Cc1cn2cc(Cl)ccc2n1)c1nc(-c2ccccc2)cs1. The number of fused-ring (bicyclic) bond motifs is 1. The number of imidazole rings is 1. The highest BCUT2D eigenvalue weighted by molar-refractivity contribution is 7.11. The van der Waals surface area contributed by atoms with Crippen molar-refractivity contribution in [3.63, 3.8) is 0 Å². The van der Waals surface area contributed by atoms with Gasteiger partial charge in [0, 0.05) is 23.3 Å². The molecule has 4 rings (SSSR count). The molecule has 0 unspecified atom stereocenters. The van der Waals surface area contributed by atoms with Crippen molar-refractivity contribution in [2.24, 2.45) is 0 Å². The van der Waals surface area contributed by atoms with Crippen LogP contribution in [0.15, 0.2) is 60.2 Å². The minimum Gasteiger partial charge on any atom is -0.305 e. The minimum atomic E-state index is 0.488. The number of nitrogens with zero attached hydrogens (tertiary/aromatic N) is 4. The number of allylic oxidation sites excluding steroid dienone is 1. The van der Waals surface area contributed by atoms with Crippen LogP contribution in [0.1, 0.15) is 10.7 Å². The second-order valence-corrected chi connectivity index (χ2v) is 6.65. The Morgan fingerprint density at radius 1 is 1.12 bits per heavy atom. The molecule has 0 amide bonds. The van der Waals surface area contributed by atoms with Gasteiger partial charge < -0.3 is 4.40 Å². The van der Waals surface area contributed by atoms with Gasteiger partial charge in [0.1, 0.15) is 16.7 Å². The Balaban J connectivity index is 1.71. The summed E-state index contributed by atoms with van der Waals surface area (Å²) >= 11 is 7.44. The normalized spacial score (nSPS) is 11.6. The van der Waals surface area contributed by atoms with Gasteiger partial charge in [-0.15, -0.1) is 11.3 Å². The highest BCUT2D eigenvalue weighted by atomic mass is 35.5. The Kier molecular flexibility index (Phi) is 4.06. The average Bonchev–Trinajstić information content (AvgIpc) is 3.26. The molecule has 0 aliphatic rings. The Morgan fingerprint density at radius 3 is 2.76 bits per heavy atom. The molecule has 25 heavy (non-hydrogen) atoms. The van der Waals surface area contributed by atoms with Crippen molar-refractivity contribution in [1.29, 1.82) is 5.26 Å². The first-order chi connectivity index (χ1) is 12.2. The Bertz CT molecular complexity index is 1120. The van der Waals surface area contributed by atoms with Crippen molar-refractivity contribution in [3.8, 4) is 17.3 Å². The molecule has 0 spiro atoms. The number of pyridine rings is 1. The molecule has 3 aromatic heterocycles. The summed E-state index contributed by atoms with van der Waals surface area (Å²) in [7, 11) is 0. The van der Waals surface area contributed by atoms with Gasteiger partial charge in [-0.3, -0.25) is 0 Å². The molecular formula is C19H11ClN4S. The minimum absolute atomic E-state index is 0.488. The Hall–Kier alpha value is -2.94. The highest BCUT2D eigenvalue weighted by Gasteiger charge is 2.10. The van der Waals surface area contributed by atoms with Gasteiger partial charge in [-0.1, -0.05) is 41.9 Å². The summed E-state index contributed by atoms with van der Waals surface area (Å²) in [5, 5.41) is 12.8. The quantitative estimate of drug-likeness (QED) is 0.472. The zero-order chi connectivity index (χ0) is 17.2. The molecule has 0 fully saturated rings. The van der Waals surface area contributed by atoms with Gasteiger partial charge in [0.25, 0.3) is 0 Å². The van der Waals surface area contributed by atoms with E-state index in [-0.39, 0.29) is 0 Å². The fourth-order valence-electron chi connectivity index (χ4n) is 2.48. The van der Waals surface area contributed by atoms with Crippen molar-refractivity contribution in [2.75, 3.05) is 0 Å². The summed E-state index contributed by atoms with van der Waals surface area (Å²) in [5.41, 5.74) is 3.85. The summed E-state index contributed by atoms with van der Waals surface area (Å²) in [6, 6.07) is 15.7. The molecule has 0 aliphatic carbocycles. The summed E-state index contributed by atoms with van der Waals surface area (Å²) in [4.78, 5) is 9.07. The maximum Gasteiger partial charge on any atom is 0.137 e. The van der Waals surface area contributed by atoms with E-state index < -0.39 is 0 Å². The molecule has 3 heterocycles. The zero-order valence-corrected chi connectivity index (χ0v) is 14.5. The van der Waals surface area contributed by atoms with Crippen LogP contribution in [0.3, 0.4) is 0 Å². The molecule has 4 nitrogen and oxygen atoms in total. The van der Waals surface area contributed by atoms with E-state index in [2.05, 4.69) is 16.0 Å². The number of benzene rings is 1. The maximum atomic E-state index is 9.53. The molecule has 0 aliphatic heterocycles. The second kappa shape index (κ2) is 6.52. The van der Waals surface area contributed by atoms with Gasteiger partial charge in [-0.2, -0.15) is 5.26 Å². The number of halogens is 1. The number of hydrogen-bond acceptors (Lipinski definition) is 4. The number of rotatable bonds is 3. The lowest BCUT2D eigenvalue weighted by Crippen LogP contribution is -1.82. The van der Waals surface area contributed by atoms with Crippen molar-refractivity contribution >= 4 is 40.2 Å². The van der Waals surface area contributed by atoms with Crippen LogP contribution in [-0.4, -0.2) is 14.4 Å². The monoisotopic (exact) mass is 362 g/mol. The van der Waals surface area contributed by atoms with Crippen molar-refractivity contribution in [1.82, 2.24) is 14.4 Å². The van der Waals surface area contributed by atoms with Crippen molar-refractivity contribution in [2.45, 2.75) is 0 Å². The van der Waals surface area contributed by atoms with Crippen LogP contribution < -0.4 is 0 Å². The molecule has 1 aromatic carbocycles. The largest absolute Gasteiger partial charge is 0.305 e. The predicted molar refractivity (Wildman–Crippen MR) is 101 cm³/mol. The van der Waals surface area contributed by atoms with E-state index in [1.807, 2.05) is 52.4 Å². The molecule has 4 aromatic rings. The third kappa shape index (κ3) is 3.18. The van der Waals surface area contributed by atoms with E-state index in [4.69, 9.17) is 11.6 Å². The topological polar surface area (TPSA) is 54.0 Å². The first-order valence-corrected chi connectivity index (χ1v) is 8.76. The predicted octanol–water partition coefficient (Wildman–Crippen LogP) is 5.18. The smallest absolute Gasteiger partial charge is 0.137 e. The van der Waals surface area contributed by atoms with Gasteiger partial charge in [0.05, 0.1) is 22.0 Å². The standard InChI is InChI=1S/C19H11ClN4S/c20-15-6-7-18-22-16(11-24(18)10-15)8-14(9-21)19-23-17(12-25-19)13-4-2-1-3-5-13/h1-8,10-12H. The summed E-state index contributed by atoms with van der Waals surface area (Å²) < 4.78 is 1.83. The molecule has 0 bridgehead atoms. The second-order valence-electron chi connectivity index (χ2n) is 5.35. The van der Waals surface area contributed by atoms with Crippen LogP contribution in [0.2, 0.25) is 5.02 Å². The third-order valence-corrected chi connectivity index (χ3v) is 4.75. The lowest BCUT2D eigenvalue weighted by Gasteiger charge is -1.94. The van der Waals surface area contributed by atoms with E-state index >= 15 is 0 Å². The first-order valence-electron chi connectivity index (χ1n) is 7.50. The van der Waals surface area contributed by atoms with Gasteiger partial charge in [-0.05, 0) is 18.2 Å². The van der Waals surface area contributed by atoms with E-state index in [0.29, 0.717) is 21.3 Å². The van der Waals surface area contributed by atoms with Gasteiger partial charge in [0.15, 0.2) is 0 Å². The fourth-order valence-corrected chi connectivity index (χ4v) is 3.45. The summed E-state index contributed by atoms with van der Waals surface area (Å²) in [5.74, 6) is 0. The molecule has 0 saturated carbocycles. The molecule has 0 radical (unpaired) electrons. The van der Waals surface area contributed by atoms with E-state index in [1.165, 1.54) is 11.3 Å². The lowest BCUT2D eigenvalue weighted by atomic mass is 10.2. The van der Waals surface area contributed by atoms with E-state index in [1.54, 1.807) is 18.3 Å². The summed E-state index contributed by atoms with van der Waals surface area (Å²) in [6.07, 6.45) is 5.36. The van der Waals surface area contributed by atoms with Crippen LogP contribution in [-0.2, 0) is 0 Å². The van der Waals surface area contributed by atoms with Crippen molar-refractivity contribution in [3.05, 3.63) is 76.0 Å². The highest BCUT2D eigenvalue weighted by Crippen LogP contribution is 2.27. The Morgan fingerprint density at radius 2 is 1.96 bits per heavy atom. The molecule has 0 saturated heterocycles. The van der Waals surface area contributed by atoms with E-state index in [9.17, 15) is 5.26 Å². The number of hydrogen-bond donors (Lipinski definition) is 0. The molecule has 0 N–H and O–H groups in total. The lowest BCUT2D eigenvalue weighted by molar-refractivity contribution is 1.19. The van der Waals surface area contributed by atoms with Crippen LogP contribution in [0.4, 0.5) is 0 Å². The first kappa shape index (κ1) is 15.6. The van der Waals surface area contributed by atoms with Crippen LogP contribution in [0.5, 0.6) is 0 Å². The van der Waals surface area contributed by atoms with Crippen molar-refractivity contribution < 1.29 is 0 Å². The van der Waals surface area contributed by atoms with Crippen LogP contribution in [0, 0.1) is 11.3 Å². The molecule has 120 valence electrons. The van der Waals surface area contributed by atoms with Gasteiger partial charge in [-0.25, -0.2) is 9.97 Å². The van der Waals surface area contributed by atoms with Gasteiger partial charge >= 0.3 is 0 Å². The Labute approximate surface area is 153 Å². The molecular weight excluding hydrogens is 352 g/mol.